The molecule has 23 heavy (non-hydrogen) atoms. The molecule has 1 fully saturated rings. The van der Waals surface area contributed by atoms with Crippen molar-refractivity contribution in [1.29, 1.82) is 0 Å². The Balaban J connectivity index is 1.82. The number of rotatable bonds is 3. The first kappa shape index (κ1) is 16.2. The van der Waals surface area contributed by atoms with Crippen LogP contribution in [0.15, 0.2) is 12.5 Å². The third-order valence-electron chi connectivity index (χ3n) is 5.05. The van der Waals surface area contributed by atoms with Gasteiger partial charge in [-0.1, -0.05) is 20.8 Å². The summed E-state index contributed by atoms with van der Waals surface area (Å²) in [6, 6.07) is 1.22. The molecule has 0 spiro atoms. The zero-order valence-corrected chi connectivity index (χ0v) is 15.0. The van der Waals surface area contributed by atoms with Gasteiger partial charge in [-0.2, -0.15) is 0 Å². The predicted molar refractivity (Wildman–Crippen MR) is 95.9 cm³/mol. The van der Waals surface area contributed by atoms with E-state index in [0.717, 1.165) is 22.9 Å². The van der Waals surface area contributed by atoms with Crippen molar-refractivity contribution in [3.8, 4) is 0 Å². The quantitative estimate of drug-likeness (QED) is 0.909. The van der Waals surface area contributed by atoms with Gasteiger partial charge in [0.2, 0.25) is 0 Å². The summed E-state index contributed by atoms with van der Waals surface area (Å²) in [5.74, 6) is 0.981. The summed E-state index contributed by atoms with van der Waals surface area (Å²) in [5.41, 5.74) is 2.27. The van der Waals surface area contributed by atoms with Crippen LogP contribution in [0.25, 0.3) is 11.0 Å². The van der Waals surface area contributed by atoms with Crippen LogP contribution in [0.3, 0.4) is 0 Å². The lowest BCUT2D eigenvalue weighted by molar-refractivity contribution is 0.221. The van der Waals surface area contributed by atoms with Gasteiger partial charge in [-0.3, -0.25) is 0 Å². The Kier molecular flexibility index (Phi) is 4.32. The molecule has 0 unspecified atom stereocenters. The molecule has 0 bridgehead atoms. The number of fused-ring (bicyclic) bond motifs is 1. The van der Waals surface area contributed by atoms with E-state index in [2.05, 4.69) is 66.2 Å². The average molecular weight is 315 g/mol. The molecule has 2 aromatic heterocycles. The Morgan fingerprint density at radius 1 is 1.13 bits per heavy atom. The molecule has 1 aliphatic carbocycles. The second kappa shape index (κ2) is 6.11. The molecule has 5 heteroatoms. The highest BCUT2D eigenvalue weighted by Gasteiger charge is 2.25. The molecule has 0 atom stereocenters. The Morgan fingerprint density at radius 2 is 1.83 bits per heavy atom. The van der Waals surface area contributed by atoms with Crippen molar-refractivity contribution in [2.75, 3.05) is 19.4 Å². The smallest absolute Gasteiger partial charge is 0.143 e. The second-order valence-corrected chi connectivity index (χ2v) is 8.01. The van der Waals surface area contributed by atoms with Crippen molar-refractivity contribution in [3.63, 3.8) is 0 Å². The monoisotopic (exact) mass is 315 g/mol. The lowest BCUT2D eigenvalue weighted by Gasteiger charge is -2.33. The average Bonchev–Trinajstić information content (AvgIpc) is 2.93. The molecule has 1 aliphatic rings. The summed E-state index contributed by atoms with van der Waals surface area (Å²) in [4.78, 5) is 14.6. The molecule has 1 saturated carbocycles. The van der Waals surface area contributed by atoms with Gasteiger partial charge in [0.05, 0.1) is 5.39 Å². The summed E-state index contributed by atoms with van der Waals surface area (Å²) in [5, 5.41) is 4.84. The highest BCUT2D eigenvalue weighted by atomic mass is 15.1. The fraction of sp³-hybridized carbons (Fsp3) is 0.667. The molecule has 0 amide bonds. The molecule has 0 radical (unpaired) electrons. The van der Waals surface area contributed by atoms with Crippen molar-refractivity contribution < 1.29 is 0 Å². The van der Waals surface area contributed by atoms with Gasteiger partial charge in [0.15, 0.2) is 0 Å². The summed E-state index contributed by atoms with van der Waals surface area (Å²) in [7, 11) is 4.36. The second-order valence-electron chi connectivity index (χ2n) is 8.01. The number of H-pyrrole nitrogens is 1. The third kappa shape index (κ3) is 3.34. The van der Waals surface area contributed by atoms with Crippen molar-refractivity contribution >= 4 is 16.9 Å². The minimum atomic E-state index is 0.0714. The molecule has 2 aromatic rings. The largest absolute Gasteiger partial charge is 0.367 e. The van der Waals surface area contributed by atoms with Crippen LogP contribution in [0.1, 0.15) is 52.0 Å². The molecule has 126 valence electrons. The first-order valence-corrected chi connectivity index (χ1v) is 8.62. The maximum Gasteiger partial charge on any atom is 0.143 e. The molecule has 2 heterocycles. The van der Waals surface area contributed by atoms with Gasteiger partial charge in [0, 0.05) is 18.3 Å². The van der Waals surface area contributed by atoms with E-state index in [1.807, 2.05) is 0 Å². The molecular weight excluding hydrogens is 286 g/mol. The van der Waals surface area contributed by atoms with Gasteiger partial charge in [-0.15, -0.1) is 0 Å². The van der Waals surface area contributed by atoms with E-state index >= 15 is 0 Å². The zero-order chi connectivity index (χ0) is 16.6. The molecule has 5 nitrogen and oxygen atoms in total. The van der Waals surface area contributed by atoms with Crippen molar-refractivity contribution in [1.82, 2.24) is 19.9 Å². The summed E-state index contributed by atoms with van der Waals surface area (Å²) in [6.07, 6.45) is 8.62. The number of nitrogens with zero attached hydrogens (tertiary/aromatic N) is 3. The van der Waals surface area contributed by atoms with E-state index in [4.69, 9.17) is 0 Å². The van der Waals surface area contributed by atoms with Gasteiger partial charge in [0.25, 0.3) is 0 Å². The molecule has 3 rings (SSSR count). The number of aromatic amines is 1. The summed E-state index contributed by atoms with van der Waals surface area (Å²) < 4.78 is 0. The minimum Gasteiger partial charge on any atom is -0.367 e. The maximum atomic E-state index is 4.55. The van der Waals surface area contributed by atoms with E-state index in [1.54, 1.807) is 6.33 Å². The van der Waals surface area contributed by atoms with Crippen LogP contribution in [-0.2, 0) is 5.41 Å². The van der Waals surface area contributed by atoms with E-state index in [9.17, 15) is 0 Å². The fourth-order valence-electron chi connectivity index (χ4n) is 3.59. The zero-order valence-electron chi connectivity index (χ0n) is 15.0. The van der Waals surface area contributed by atoms with Crippen LogP contribution in [0.2, 0.25) is 0 Å². The van der Waals surface area contributed by atoms with Gasteiger partial charge in [-0.05, 0) is 50.8 Å². The van der Waals surface area contributed by atoms with Gasteiger partial charge < -0.3 is 15.2 Å². The molecule has 0 aliphatic heterocycles. The number of hydrogen-bond acceptors (Lipinski definition) is 4. The standard InChI is InChI=1S/C18H29N5/c1-18(2,3)14-10-19-16-15(14)17(21-11-20-16)22-12-6-8-13(9-7-12)23(4)5/h10-13H,6-9H2,1-5H3,(H2,19,20,21,22)/t12-,13-. The first-order valence-electron chi connectivity index (χ1n) is 8.62. The minimum absolute atomic E-state index is 0.0714. The van der Waals surface area contributed by atoms with E-state index in [1.165, 1.54) is 31.2 Å². The number of hydrogen-bond donors (Lipinski definition) is 2. The number of anilines is 1. The molecular formula is C18H29N5. The highest BCUT2D eigenvalue weighted by Crippen LogP contribution is 2.34. The maximum absolute atomic E-state index is 4.55. The Hall–Kier alpha value is -1.62. The van der Waals surface area contributed by atoms with Crippen LogP contribution < -0.4 is 5.32 Å². The lowest BCUT2D eigenvalue weighted by Crippen LogP contribution is -2.36. The predicted octanol–water partition coefficient (Wildman–Crippen LogP) is 3.54. The summed E-state index contributed by atoms with van der Waals surface area (Å²) in [6.45, 7) is 6.69. The number of aromatic nitrogens is 3. The fourth-order valence-corrected chi connectivity index (χ4v) is 3.59. The normalized spacial score (nSPS) is 22.7. The topological polar surface area (TPSA) is 56.8 Å². The van der Waals surface area contributed by atoms with Crippen LogP contribution in [0, 0.1) is 0 Å². The van der Waals surface area contributed by atoms with Gasteiger partial charge in [-0.25, -0.2) is 9.97 Å². The lowest BCUT2D eigenvalue weighted by atomic mass is 9.87. The molecule has 0 saturated heterocycles. The van der Waals surface area contributed by atoms with Crippen molar-refractivity contribution in [2.24, 2.45) is 0 Å². The number of nitrogens with one attached hydrogen (secondary N) is 2. The van der Waals surface area contributed by atoms with Crippen molar-refractivity contribution in [3.05, 3.63) is 18.1 Å². The molecule has 2 N–H and O–H groups in total. The van der Waals surface area contributed by atoms with E-state index < -0.39 is 0 Å². The van der Waals surface area contributed by atoms with Crippen LogP contribution in [-0.4, -0.2) is 46.0 Å². The Labute approximate surface area is 138 Å². The van der Waals surface area contributed by atoms with E-state index in [0.29, 0.717) is 6.04 Å². The van der Waals surface area contributed by atoms with Gasteiger partial charge in [0.1, 0.15) is 17.8 Å². The SMILES string of the molecule is CN(C)[C@H]1CC[C@H](Nc2ncnc3[nH]cc(C(C)(C)C)c23)CC1. The van der Waals surface area contributed by atoms with Crippen LogP contribution in [0.4, 0.5) is 5.82 Å². The summed E-state index contributed by atoms with van der Waals surface area (Å²) >= 11 is 0. The van der Waals surface area contributed by atoms with Crippen molar-refractivity contribution in [2.45, 2.75) is 64.0 Å². The third-order valence-corrected chi connectivity index (χ3v) is 5.05. The Bertz CT molecular complexity index is 660. The van der Waals surface area contributed by atoms with Crippen LogP contribution >= 0.6 is 0 Å². The van der Waals surface area contributed by atoms with E-state index in [-0.39, 0.29) is 5.41 Å². The first-order chi connectivity index (χ1) is 10.9. The molecule has 0 aromatic carbocycles. The highest BCUT2D eigenvalue weighted by molar-refractivity contribution is 5.91. The van der Waals surface area contributed by atoms with Crippen LogP contribution in [0.5, 0.6) is 0 Å². The van der Waals surface area contributed by atoms with Gasteiger partial charge >= 0.3 is 0 Å². The Morgan fingerprint density at radius 3 is 2.43 bits per heavy atom.